The maximum absolute atomic E-state index is 12.0. The SMILES string of the molecule is COc1cc(C#N)ccc1OCC(=O)Nc1cc([N+](=O)[O-])ccc1Cl. The zero-order valence-electron chi connectivity index (χ0n) is 13.0. The van der Waals surface area contributed by atoms with E-state index in [9.17, 15) is 14.9 Å². The van der Waals surface area contributed by atoms with Crippen molar-refractivity contribution in [3.05, 3.63) is 57.1 Å². The van der Waals surface area contributed by atoms with Gasteiger partial charge in [0.25, 0.3) is 11.6 Å². The third-order valence-corrected chi connectivity index (χ3v) is 3.42. The van der Waals surface area contributed by atoms with Gasteiger partial charge in [0, 0.05) is 18.2 Å². The zero-order valence-corrected chi connectivity index (χ0v) is 13.7. The van der Waals surface area contributed by atoms with E-state index in [-0.39, 0.29) is 28.8 Å². The van der Waals surface area contributed by atoms with Crippen LogP contribution in [0.5, 0.6) is 11.5 Å². The summed E-state index contributed by atoms with van der Waals surface area (Å²) < 4.78 is 10.5. The van der Waals surface area contributed by atoms with Gasteiger partial charge in [-0.1, -0.05) is 11.6 Å². The van der Waals surface area contributed by atoms with Crippen LogP contribution < -0.4 is 14.8 Å². The number of halogens is 1. The molecular formula is C16H12ClN3O5. The zero-order chi connectivity index (χ0) is 18.4. The van der Waals surface area contributed by atoms with Crippen LogP contribution in [0.2, 0.25) is 5.02 Å². The summed E-state index contributed by atoms with van der Waals surface area (Å²) in [4.78, 5) is 22.2. The maximum Gasteiger partial charge on any atom is 0.271 e. The van der Waals surface area contributed by atoms with Crippen molar-refractivity contribution in [1.29, 1.82) is 5.26 Å². The lowest BCUT2D eigenvalue weighted by atomic mass is 10.2. The Bertz CT molecular complexity index is 863. The number of nitrogens with zero attached hydrogens (tertiary/aromatic N) is 2. The van der Waals surface area contributed by atoms with Gasteiger partial charge in [-0.05, 0) is 18.2 Å². The normalized spacial score (nSPS) is 9.80. The predicted molar refractivity (Wildman–Crippen MR) is 89.9 cm³/mol. The molecule has 2 aromatic rings. The molecule has 0 saturated heterocycles. The van der Waals surface area contributed by atoms with E-state index in [0.717, 1.165) is 6.07 Å². The Morgan fingerprint density at radius 3 is 2.72 bits per heavy atom. The van der Waals surface area contributed by atoms with Gasteiger partial charge >= 0.3 is 0 Å². The Morgan fingerprint density at radius 1 is 1.32 bits per heavy atom. The second-order valence-electron chi connectivity index (χ2n) is 4.74. The van der Waals surface area contributed by atoms with Crippen LogP contribution in [-0.2, 0) is 4.79 Å². The minimum Gasteiger partial charge on any atom is -0.493 e. The molecule has 0 atom stereocenters. The quantitative estimate of drug-likeness (QED) is 0.624. The molecule has 0 aliphatic heterocycles. The first kappa shape index (κ1) is 18.0. The molecule has 0 aliphatic carbocycles. The first-order chi connectivity index (χ1) is 11.9. The van der Waals surface area contributed by atoms with Crippen molar-refractivity contribution in [3.63, 3.8) is 0 Å². The average Bonchev–Trinajstić information content (AvgIpc) is 2.61. The number of hydrogen-bond acceptors (Lipinski definition) is 6. The van der Waals surface area contributed by atoms with E-state index in [1.165, 1.54) is 37.4 Å². The lowest BCUT2D eigenvalue weighted by Gasteiger charge is -2.11. The maximum atomic E-state index is 12.0. The standard InChI is InChI=1S/C16H12ClN3O5/c1-24-15-6-10(8-18)2-5-14(15)25-9-16(21)19-13-7-11(20(22)23)3-4-12(13)17/h2-7H,9H2,1H3,(H,19,21). The van der Waals surface area contributed by atoms with Gasteiger partial charge in [-0.2, -0.15) is 5.26 Å². The van der Waals surface area contributed by atoms with Crippen molar-refractivity contribution in [2.75, 3.05) is 19.0 Å². The highest BCUT2D eigenvalue weighted by atomic mass is 35.5. The van der Waals surface area contributed by atoms with Crippen LogP contribution in [0, 0.1) is 21.4 Å². The topological polar surface area (TPSA) is 114 Å². The van der Waals surface area contributed by atoms with Gasteiger partial charge in [0.05, 0.1) is 34.4 Å². The smallest absolute Gasteiger partial charge is 0.271 e. The van der Waals surface area contributed by atoms with Crippen molar-refractivity contribution in [2.24, 2.45) is 0 Å². The molecule has 1 N–H and O–H groups in total. The highest BCUT2D eigenvalue weighted by Crippen LogP contribution is 2.29. The largest absolute Gasteiger partial charge is 0.493 e. The summed E-state index contributed by atoms with van der Waals surface area (Å²) in [6, 6.07) is 10.2. The molecule has 2 rings (SSSR count). The third-order valence-electron chi connectivity index (χ3n) is 3.09. The minimum atomic E-state index is -0.593. The lowest BCUT2D eigenvalue weighted by molar-refractivity contribution is -0.384. The molecule has 0 aromatic heterocycles. The number of nitro groups is 1. The summed E-state index contributed by atoms with van der Waals surface area (Å²) in [5.74, 6) is 0.0239. The number of anilines is 1. The third kappa shape index (κ3) is 4.59. The van der Waals surface area contributed by atoms with E-state index in [4.69, 9.17) is 26.3 Å². The van der Waals surface area contributed by atoms with E-state index >= 15 is 0 Å². The number of nitrogens with one attached hydrogen (secondary N) is 1. The summed E-state index contributed by atoms with van der Waals surface area (Å²) in [5.41, 5.74) is 0.294. The number of carbonyl (C=O) groups excluding carboxylic acids is 1. The summed E-state index contributed by atoms with van der Waals surface area (Å²) in [6.07, 6.45) is 0. The molecule has 0 aliphatic rings. The number of carbonyl (C=O) groups is 1. The van der Waals surface area contributed by atoms with Crippen LogP contribution in [0.25, 0.3) is 0 Å². The van der Waals surface area contributed by atoms with E-state index in [0.29, 0.717) is 11.3 Å². The van der Waals surface area contributed by atoms with E-state index < -0.39 is 10.8 Å². The van der Waals surface area contributed by atoms with Crippen LogP contribution >= 0.6 is 11.6 Å². The number of non-ortho nitro benzene ring substituents is 1. The van der Waals surface area contributed by atoms with Gasteiger partial charge < -0.3 is 14.8 Å². The summed E-state index contributed by atoms with van der Waals surface area (Å²) in [5, 5.41) is 22.2. The van der Waals surface area contributed by atoms with Gasteiger partial charge in [0.1, 0.15) is 0 Å². The van der Waals surface area contributed by atoms with Gasteiger partial charge in [-0.25, -0.2) is 0 Å². The van der Waals surface area contributed by atoms with Crippen LogP contribution in [0.3, 0.4) is 0 Å². The van der Waals surface area contributed by atoms with Crippen molar-refractivity contribution >= 4 is 28.9 Å². The number of nitriles is 1. The van der Waals surface area contributed by atoms with Gasteiger partial charge in [-0.3, -0.25) is 14.9 Å². The highest BCUT2D eigenvalue weighted by molar-refractivity contribution is 6.33. The molecule has 0 heterocycles. The molecule has 0 spiro atoms. The van der Waals surface area contributed by atoms with Gasteiger partial charge in [0.2, 0.25) is 0 Å². The first-order valence-electron chi connectivity index (χ1n) is 6.89. The molecule has 128 valence electrons. The lowest BCUT2D eigenvalue weighted by Crippen LogP contribution is -2.20. The monoisotopic (exact) mass is 361 g/mol. The minimum absolute atomic E-state index is 0.108. The summed E-state index contributed by atoms with van der Waals surface area (Å²) in [6.45, 7) is -0.374. The Hall–Kier alpha value is -3.31. The first-order valence-corrected chi connectivity index (χ1v) is 7.27. The van der Waals surface area contributed by atoms with Crippen LogP contribution in [0.1, 0.15) is 5.56 Å². The molecule has 25 heavy (non-hydrogen) atoms. The number of methoxy groups -OCH3 is 1. The number of rotatable bonds is 6. The van der Waals surface area contributed by atoms with Gasteiger partial charge in [-0.15, -0.1) is 0 Å². The number of ether oxygens (including phenoxy) is 2. The van der Waals surface area contributed by atoms with Crippen molar-refractivity contribution in [3.8, 4) is 17.6 Å². The highest BCUT2D eigenvalue weighted by Gasteiger charge is 2.13. The molecule has 0 saturated carbocycles. The molecule has 8 nitrogen and oxygen atoms in total. The van der Waals surface area contributed by atoms with E-state index in [1.54, 1.807) is 0 Å². The predicted octanol–water partition coefficient (Wildman–Crippen LogP) is 3.15. The molecular weight excluding hydrogens is 350 g/mol. The second-order valence-corrected chi connectivity index (χ2v) is 5.14. The number of nitro benzene ring substituents is 1. The van der Waals surface area contributed by atoms with Crippen LogP contribution in [0.4, 0.5) is 11.4 Å². The summed E-state index contributed by atoms with van der Waals surface area (Å²) in [7, 11) is 1.41. The van der Waals surface area contributed by atoms with Crippen molar-refractivity contribution in [2.45, 2.75) is 0 Å². The van der Waals surface area contributed by atoms with Gasteiger partial charge in [0.15, 0.2) is 18.1 Å². The Balaban J connectivity index is 2.06. The molecule has 2 aromatic carbocycles. The van der Waals surface area contributed by atoms with Crippen LogP contribution in [0.15, 0.2) is 36.4 Å². The molecule has 0 unspecified atom stereocenters. The van der Waals surface area contributed by atoms with E-state index in [1.807, 2.05) is 6.07 Å². The van der Waals surface area contributed by atoms with Crippen LogP contribution in [-0.4, -0.2) is 24.5 Å². The fourth-order valence-corrected chi connectivity index (χ4v) is 2.07. The number of amides is 1. The summed E-state index contributed by atoms with van der Waals surface area (Å²) >= 11 is 5.91. The average molecular weight is 362 g/mol. The molecule has 0 bridgehead atoms. The molecule has 1 amide bonds. The number of benzene rings is 2. The Kier molecular flexibility index (Phi) is 5.76. The Morgan fingerprint density at radius 2 is 2.08 bits per heavy atom. The second kappa shape index (κ2) is 7.99. The Labute approximate surface area is 147 Å². The van der Waals surface area contributed by atoms with Crippen molar-refractivity contribution < 1.29 is 19.2 Å². The van der Waals surface area contributed by atoms with Crippen molar-refractivity contribution in [1.82, 2.24) is 0 Å². The fraction of sp³-hybridized carbons (Fsp3) is 0.125. The number of hydrogen-bond donors (Lipinski definition) is 1. The van der Waals surface area contributed by atoms with E-state index in [2.05, 4.69) is 5.32 Å². The fourth-order valence-electron chi connectivity index (χ4n) is 1.91. The molecule has 0 fully saturated rings. The molecule has 9 heteroatoms. The molecule has 0 radical (unpaired) electrons.